The topological polar surface area (TPSA) is 29.1 Å². The van der Waals surface area contributed by atoms with E-state index in [4.69, 9.17) is 0 Å². The first-order chi connectivity index (χ1) is 2.39. The van der Waals surface area contributed by atoms with Gasteiger partial charge in [0.15, 0.2) is 0 Å². The summed E-state index contributed by atoms with van der Waals surface area (Å²) in [6, 6.07) is 0. The molecule has 1 heterocycles. The van der Waals surface area contributed by atoms with Crippen molar-refractivity contribution in [1.29, 1.82) is 0 Å². The zero-order valence-corrected chi connectivity index (χ0v) is 2.82. The van der Waals surface area contributed by atoms with Crippen LogP contribution in [0.1, 0.15) is 13.8 Å². The normalized spacial score (nSPS) is 17.0. The third kappa shape index (κ3) is 0.708. The molecule has 0 unspecified atom stereocenters. The third-order valence-electron chi connectivity index (χ3n) is 0.674. The van der Waals surface area contributed by atoms with Crippen molar-refractivity contribution in [2.45, 2.75) is 13.8 Å². The van der Waals surface area contributed by atoms with E-state index < -0.39 is 0 Å². The number of nitrogens with one attached hydrogen (secondary N) is 1. The maximum Gasteiger partial charge on any atom is 0.221 e. The Balaban J connectivity index is 0.000000250. The largest absolute Gasteiger partial charge is 0.356 e. The van der Waals surface area contributed by atoms with Crippen LogP contribution in [0, 0.1) is 0 Å². The lowest BCUT2D eigenvalue weighted by Gasteiger charge is -2.10. The summed E-state index contributed by atoms with van der Waals surface area (Å²) in [5, 5.41) is 2.57. The number of hydrogen-bond acceptors (Lipinski definition) is 1. The van der Waals surface area contributed by atoms with Gasteiger partial charge in [0, 0.05) is 13.0 Å². The van der Waals surface area contributed by atoms with Crippen molar-refractivity contribution in [2.75, 3.05) is 6.54 Å². The minimum absolute atomic E-state index is 0. The van der Waals surface area contributed by atoms with Crippen LogP contribution in [0.5, 0.6) is 0 Å². The van der Waals surface area contributed by atoms with Gasteiger partial charge in [0.25, 0.3) is 0 Å². The molecule has 0 aromatic carbocycles. The molecule has 0 saturated carbocycles. The summed E-state index contributed by atoms with van der Waals surface area (Å²) >= 11 is 0. The quantitative estimate of drug-likeness (QED) is 0.418. The lowest BCUT2D eigenvalue weighted by Crippen LogP contribution is -2.37. The SMILES string of the molecule is C.O=C1CCN1. The molecule has 2 nitrogen and oxygen atoms in total. The molecular formula is C4H9NO. The molecular weight excluding hydrogens is 78.0 g/mol. The minimum Gasteiger partial charge on any atom is -0.356 e. The smallest absolute Gasteiger partial charge is 0.221 e. The first-order valence-electron chi connectivity index (χ1n) is 1.66. The molecule has 1 N–H and O–H groups in total. The van der Waals surface area contributed by atoms with Crippen molar-refractivity contribution in [2.24, 2.45) is 0 Å². The summed E-state index contributed by atoms with van der Waals surface area (Å²) in [4.78, 5) is 9.79. The minimum atomic E-state index is 0. The van der Waals surface area contributed by atoms with Crippen LogP contribution in [-0.4, -0.2) is 12.5 Å². The second-order valence-electron chi connectivity index (χ2n) is 1.10. The predicted octanol–water partition coefficient (Wildman–Crippen LogP) is 0.142. The molecule has 0 atom stereocenters. The number of rotatable bonds is 0. The molecule has 1 saturated heterocycles. The van der Waals surface area contributed by atoms with E-state index in [1.807, 2.05) is 0 Å². The highest BCUT2D eigenvalue weighted by Crippen LogP contribution is 1.85. The van der Waals surface area contributed by atoms with E-state index in [9.17, 15) is 4.79 Å². The first kappa shape index (κ1) is 5.47. The molecule has 1 fully saturated rings. The highest BCUT2D eigenvalue weighted by Gasteiger charge is 2.07. The molecule has 6 heavy (non-hydrogen) atoms. The van der Waals surface area contributed by atoms with Gasteiger partial charge in [-0.3, -0.25) is 4.79 Å². The number of carbonyl (C=O) groups excluding carboxylic acids is 1. The number of carbonyl (C=O) groups is 1. The first-order valence-corrected chi connectivity index (χ1v) is 1.66. The number of amides is 1. The van der Waals surface area contributed by atoms with Gasteiger partial charge in [-0.2, -0.15) is 0 Å². The van der Waals surface area contributed by atoms with Gasteiger partial charge in [-0.05, 0) is 0 Å². The van der Waals surface area contributed by atoms with Gasteiger partial charge in [-0.15, -0.1) is 0 Å². The second kappa shape index (κ2) is 1.80. The van der Waals surface area contributed by atoms with E-state index in [0.717, 1.165) is 13.0 Å². The van der Waals surface area contributed by atoms with Crippen molar-refractivity contribution in [1.82, 2.24) is 5.32 Å². The van der Waals surface area contributed by atoms with Gasteiger partial charge < -0.3 is 5.32 Å². The zero-order chi connectivity index (χ0) is 3.70. The summed E-state index contributed by atoms with van der Waals surface area (Å²) in [5.74, 6) is 0.185. The summed E-state index contributed by atoms with van der Waals surface area (Å²) in [5.41, 5.74) is 0. The fraction of sp³-hybridized carbons (Fsp3) is 0.750. The summed E-state index contributed by atoms with van der Waals surface area (Å²) < 4.78 is 0. The Morgan fingerprint density at radius 1 is 1.67 bits per heavy atom. The van der Waals surface area contributed by atoms with Crippen molar-refractivity contribution in [3.05, 3.63) is 0 Å². The fourth-order valence-corrected chi connectivity index (χ4v) is 0.227. The maximum atomic E-state index is 9.79. The Labute approximate surface area is 37.5 Å². The van der Waals surface area contributed by atoms with Crippen LogP contribution in [0.2, 0.25) is 0 Å². The standard InChI is InChI=1S/C3H5NO.CH4/c5-3-1-2-4-3;/h1-2H2,(H,4,5);1H4. The number of hydrogen-bond donors (Lipinski definition) is 1. The second-order valence-corrected chi connectivity index (χ2v) is 1.10. The van der Waals surface area contributed by atoms with Gasteiger partial charge in [0.05, 0.1) is 0 Å². The maximum absolute atomic E-state index is 9.79. The third-order valence-corrected chi connectivity index (χ3v) is 0.674. The molecule has 1 amide bonds. The summed E-state index contributed by atoms with van der Waals surface area (Å²) in [6.07, 6.45) is 0.736. The molecule has 0 spiro atoms. The molecule has 0 bridgehead atoms. The Hall–Kier alpha value is -0.530. The molecule has 1 rings (SSSR count). The highest BCUT2D eigenvalue weighted by molar-refractivity contribution is 5.81. The van der Waals surface area contributed by atoms with Crippen molar-refractivity contribution < 1.29 is 4.79 Å². The molecule has 36 valence electrons. The lowest BCUT2D eigenvalue weighted by atomic mass is 10.3. The Morgan fingerprint density at radius 3 is 2.00 bits per heavy atom. The average Bonchev–Trinajstić information content (AvgIpc) is 1.30. The van der Waals surface area contributed by atoms with Crippen molar-refractivity contribution in [3.8, 4) is 0 Å². The van der Waals surface area contributed by atoms with Gasteiger partial charge in [-0.1, -0.05) is 7.43 Å². The Kier molecular flexibility index (Phi) is 1.64. The summed E-state index contributed by atoms with van der Waals surface area (Å²) in [6.45, 7) is 0.888. The van der Waals surface area contributed by atoms with Crippen LogP contribution in [-0.2, 0) is 4.79 Å². The molecule has 1 aliphatic rings. The van der Waals surface area contributed by atoms with Gasteiger partial charge >= 0.3 is 0 Å². The summed E-state index contributed by atoms with van der Waals surface area (Å²) in [7, 11) is 0. The molecule has 0 aromatic rings. The molecule has 1 aliphatic heterocycles. The Morgan fingerprint density at radius 2 is 2.00 bits per heavy atom. The van der Waals surface area contributed by atoms with Crippen LogP contribution >= 0.6 is 0 Å². The van der Waals surface area contributed by atoms with E-state index in [1.54, 1.807) is 0 Å². The molecule has 0 aromatic heterocycles. The van der Waals surface area contributed by atoms with Crippen LogP contribution in [0.4, 0.5) is 0 Å². The van der Waals surface area contributed by atoms with E-state index in [0.29, 0.717) is 0 Å². The molecule has 2 heteroatoms. The van der Waals surface area contributed by atoms with Crippen LogP contribution in [0.3, 0.4) is 0 Å². The van der Waals surface area contributed by atoms with E-state index >= 15 is 0 Å². The van der Waals surface area contributed by atoms with Crippen molar-refractivity contribution in [3.63, 3.8) is 0 Å². The average molecular weight is 87.1 g/mol. The highest BCUT2D eigenvalue weighted by atomic mass is 16.2. The molecule has 0 aliphatic carbocycles. The van der Waals surface area contributed by atoms with Gasteiger partial charge in [0.1, 0.15) is 0 Å². The molecule has 0 radical (unpaired) electrons. The Bertz CT molecular complexity index is 54.6. The zero-order valence-electron chi connectivity index (χ0n) is 2.82. The van der Waals surface area contributed by atoms with Crippen LogP contribution in [0.25, 0.3) is 0 Å². The van der Waals surface area contributed by atoms with Gasteiger partial charge in [0.2, 0.25) is 5.91 Å². The van der Waals surface area contributed by atoms with Crippen LogP contribution in [0.15, 0.2) is 0 Å². The van der Waals surface area contributed by atoms with Gasteiger partial charge in [-0.25, -0.2) is 0 Å². The monoisotopic (exact) mass is 87.1 g/mol. The van der Waals surface area contributed by atoms with Crippen molar-refractivity contribution >= 4 is 5.91 Å². The van der Waals surface area contributed by atoms with Crippen LogP contribution < -0.4 is 5.32 Å². The van der Waals surface area contributed by atoms with E-state index in [-0.39, 0.29) is 13.3 Å². The number of β-lactam (4-membered cyclic amide) rings is 1. The van der Waals surface area contributed by atoms with E-state index in [2.05, 4.69) is 5.32 Å². The fourth-order valence-electron chi connectivity index (χ4n) is 0.227. The predicted molar refractivity (Wildman–Crippen MR) is 24.4 cm³/mol. The lowest BCUT2D eigenvalue weighted by molar-refractivity contribution is -0.125. The van der Waals surface area contributed by atoms with E-state index in [1.165, 1.54) is 0 Å².